The minimum Gasteiger partial charge on any atom is -1.45 e. The van der Waals surface area contributed by atoms with Gasteiger partial charge in [0.05, 0.1) is 0 Å². The van der Waals surface area contributed by atoms with Crippen molar-refractivity contribution in [1.82, 2.24) is 0 Å². The van der Waals surface area contributed by atoms with Crippen molar-refractivity contribution < 1.29 is 59.1 Å². The molecule has 13 heavy (non-hydrogen) atoms. The van der Waals surface area contributed by atoms with Crippen LogP contribution >= 0.6 is 9.24 Å². The molecule has 0 spiro atoms. The summed E-state index contributed by atoms with van der Waals surface area (Å²) in [7, 11) is 4.36. The molecule has 0 aliphatic rings. The van der Waals surface area contributed by atoms with Crippen LogP contribution in [0.1, 0.15) is 25.0 Å². The molecule has 0 aliphatic carbocycles. The number of hydrogen-bond donors (Lipinski definition) is 0. The second-order valence-corrected chi connectivity index (χ2v) is 3.15. The van der Waals surface area contributed by atoms with Gasteiger partial charge in [0.25, 0.3) is 0 Å². The van der Waals surface area contributed by atoms with Gasteiger partial charge in [0.1, 0.15) is 0 Å². The fourth-order valence-corrected chi connectivity index (χ4v) is 1.44. The van der Waals surface area contributed by atoms with Crippen molar-refractivity contribution in [2.24, 2.45) is 0 Å². The average molecular weight is 210 g/mol. The fourth-order valence-electron chi connectivity index (χ4n) is 1.14. The molecule has 0 aromatic heterocycles. The predicted molar refractivity (Wildman–Crippen MR) is 51.8 cm³/mol. The molecule has 0 bridgehead atoms. The molecule has 60 valence electrons. The minimum absolute atomic E-state index is 0. The first-order valence-corrected chi connectivity index (χ1v) is 4.53. The maximum absolute atomic E-state index is 4.36. The third-order valence-corrected chi connectivity index (χ3v) is 2.37. The Morgan fingerprint density at radius 3 is 2.15 bits per heavy atom. The third-order valence-electron chi connectivity index (χ3n) is 1.93. The SMILES string of the molecule is CCc1ccc([P-2])c(CC)c1.[Na+].[Na+]. The van der Waals surface area contributed by atoms with Crippen molar-refractivity contribution in [3.8, 4) is 0 Å². The number of benzene rings is 1. The summed E-state index contributed by atoms with van der Waals surface area (Å²) < 4.78 is 0. The van der Waals surface area contributed by atoms with Gasteiger partial charge in [0, 0.05) is 0 Å². The standard InChI is InChI=1S/C10H13P.2Na/c1-3-8-5-6-10(11)9(4-2)7-8;;/h5-7H,3-4H2,1-2H3;;/q-2;2*+1. The molecular weight excluding hydrogens is 197 g/mol. The quantitative estimate of drug-likeness (QED) is 0.357. The van der Waals surface area contributed by atoms with E-state index >= 15 is 0 Å². The summed E-state index contributed by atoms with van der Waals surface area (Å²) in [5, 5.41) is 1.12. The van der Waals surface area contributed by atoms with E-state index in [1.54, 1.807) is 0 Å². The smallest absolute Gasteiger partial charge is 1.00 e. The average Bonchev–Trinajstić information content (AvgIpc) is 2.05. The largest absolute Gasteiger partial charge is 1.45 e. The van der Waals surface area contributed by atoms with Crippen molar-refractivity contribution >= 4 is 14.5 Å². The van der Waals surface area contributed by atoms with Crippen LogP contribution in [0.4, 0.5) is 0 Å². The molecule has 0 amide bonds. The maximum atomic E-state index is 4.36. The number of hydrogen-bond acceptors (Lipinski definition) is 0. The third kappa shape index (κ3) is 5.33. The van der Waals surface area contributed by atoms with Gasteiger partial charge in [-0.2, -0.15) is 0 Å². The molecular formula is C10H13Na2P. The zero-order chi connectivity index (χ0) is 8.27. The van der Waals surface area contributed by atoms with E-state index in [0.717, 1.165) is 18.1 Å². The Balaban J connectivity index is 0. The minimum atomic E-state index is 0. The van der Waals surface area contributed by atoms with Crippen LogP contribution in [0.2, 0.25) is 0 Å². The summed E-state index contributed by atoms with van der Waals surface area (Å²) in [5.41, 5.74) is 2.76. The topological polar surface area (TPSA) is 0 Å². The predicted octanol–water partition coefficient (Wildman–Crippen LogP) is -3.14. The van der Waals surface area contributed by atoms with Gasteiger partial charge in [-0.1, -0.05) is 26.0 Å². The van der Waals surface area contributed by atoms with E-state index in [9.17, 15) is 0 Å². The van der Waals surface area contributed by atoms with Gasteiger partial charge in [-0.25, -0.2) is 0 Å². The molecule has 0 saturated heterocycles. The van der Waals surface area contributed by atoms with E-state index < -0.39 is 0 Å². The second-order valence-electron chi connectivity index (χ2n) is 2.67. The van der Waals surface area contributed by atoms with Gasteiger partial charge in [-0.3, -0.25) is 0 Å². The Morgan fingerprint density at radius 1 is 1.08 bits per heavy atom. The van der Waals surface area contributed by atoms with E-state index in [1.165, 1.54) is 11.1 Å². The molecule has 1 rings (SSSR count). The summed E-state index contributed by atoms with van der Waals surface area (Å²) in [6, 6.07) is 6.46. The maximum Gasteiger partial charge on any atom is 1.00 e. The Bertz CT molecular complexity index is 249. The number of aryl methyl sites for hydroxylation is 2. The monoisotopic (exact) mass is 210 g/mol. The molecule has 0 saturated carbocycles. The zero-order valence-electron chi connectivity index (χ0n) is 9.09. The molecule has 0 fully saturated rings. The van der Waals surface area contributed by atoms with Crippen molar-refractivity contribution in [3.05, 3.63) is 29.3 Å². The molecule has 0 aliphatic heterocycles. The first kappa shape index (κ1) is 17.1. The second kappa shape index (κ2) is 8.92. The molecule has 3 heteroatoms. The van der Waals surface area contributed by atoms with Crippen LogP contribution in [0.25, 0.3) is 0 Å². The normalized spacial score (nSPS) is 8.54. The zero-order valence-corrected chi connectivity index (χ0v) is 14.0. The van der Waals surface area contributed by atoms with Crippen molar-refractivity contribution in [2.45, 2.75) is 26.7 Å². The Morgan fingerprint density at radius 2 is 1.69 bits per heavy atom. The van der Waals surface area contributed by atoms with E-state index in [4.69, 9.17) is 0 Å². The molecule has 0 nitrogen and oxygen atoms in total. The molecule has 1 aromatic carbocycles. The van der Waals surface area contributed by atoms with E-state index in [2.05, 4.69) is 41.3 Å². The van der Waals surface area contributed by atoms with Crippen LogP contribution in [0.15, 0.2) is 18.2 Å². The fraction of sp³-hybridized carbons (Fsp3) is 0.400. The molecule has 0 unspecified atom stereocenters. The van der Waals surface area contributed by atoms with E-state index in [1.807, 2.05) is 0 Å². The summed E-state index contributed by atoms with van der Waals surface area (Å²) in [4.78, 5) is 0. The van der Waals surface area contributed by atoms with Crippen molar-refractivity contribution in [3.63, 3.8) is 0 Å². The summed E-state index contributed by atoms with van der Waals surface area (Å²) in [5.74, 6) is 0. The van der Waals surface area contributed by atoms with Gasteiger partial charge in [-0.15, -0.1) is 11.6 Å². The van der Waals surface area contributed by atoms with E-state index in [-0.39, 0.29) is 59.1 Å². The van der Waals surface area contributed by atoms with Crippen LogP contribution in [-0.4, -0.2) is 0 Å². The Kier molecular flexibility index (Phi) is 11.7. The van der Waals surface area contributed by atoms with Crippen LogP contribution in [0, 0.1) is 0 Å². The molecule has 0 N–H and O–H groups in total. The van der Waals surface area contributed by atoms with Gasteiger partial charge in [-0.05, 0) is 18.4 Å². The van der Waals surface area contributed by atoms with Crippen LogP contribution < -0.4 is 64.4 Å². The van der Waals surface area contributed by atoms with Gasteiger partial charge < -0.3 is 14.5 Å². The Hall–Kier alpha value is 1.65. The Labute approximate surface area is 128 Å². The summed E-state index contributed by atoms with van der Waals surface area (Å²) >= 11 is 0. The van der Waals surface area contributed by atoms with Crippen LogP contribution in [0.3, 0.4) is 0 Å². The summed E-state index contributed by atoms with van der Waals surface area (Å²) in [6.07, 6.45) is 2.19. The first-order valence-electron chi connectivity index (χ1n) is 4.08. The van der Waals surface area contributed by atoms with E-state index in [0.29, 0.717) is 0 Å². The summed E-state index contributed by atoms with van der Waals surface area (Å²) in [6.45, 7) is 4.33. The van der Waals surface area contributed by atoms with Crippen LogP contribution in [-0.2, 0) is 12.8 Å². The van der Waals surface area contributed by atoms with Crippen molar-refractivity contribution in [1.29, 1.82) is 0 Å². The number of rotatable bonds is 2. The van der Waals surface area contributed by atoms with Gasteiger partial charge in [0.2, 0.25) is 0 Å². The molecule has 0 atom stereocenters. The van der Waals surface area contributed by atoms with Crippen LogP contribution in [0.5, 0.6) is 0 Å². The first-order chi connectivity index (χ1) is 5.27. The molecule has 1 aromatic rings. The van der Waals surface area contributed by atoms with Gasteiger partial charge in [0.15, 0.2) is 0 Å². The molecule has 0 radical (unpaired) electrons. The molecule has 0 heterocycles. The van der Waals surface area contributed by atoms with Gasteiger partial charge >= 0.3 is 59.1 Å². The van der Waals surface area contributed by atoms with Crippen molar-refractivity contribution in [2.75, 3.05) is 0 Å².